The zero-order valence-electron chi connectivity index (χ0n) is 11.7. The van der Waals surface area contributed by atoms with Gasteiger partial charge in [0.1, 0.15) is 0 Å². The van der Waals surface area contributed by atoms with Gasteiger partial charge in [-0.2, -0.15) is 0 Å². The van der Waals surface area contributed by atoms with E-state index in [1.165, 1.54) is 12.8 Å². The highest BCUT2D eigenvalue weighted by Crippen LogP contribution is 2.25. The first-order valence-electron chi connectivity index (χ1n) is 7.09. The van der Waals surface area contributed by atoms with Crippen molar-refractivity contribution in [3.05, 3.63) is 35.9 Å². The third-order valence-electron chi connectivity index (χ3n) is 4.19. The van der Waals surface area contributed by atoms with Crippen LogP contribution >= 0.6 is 0 Å². The van der Waals surface area contributed by atoms with Gasteiger partial charge in [0, 0.05) is 12.6 Å². The summed E-state index contributed by atoms with van der Waals surface area (Å²) < 4.78 is 0. The summed E-state index contributed by atoms with van der Waals surface area (Å²) in [5.41, 5.74) is 0.904. The van der Waals surface area contributed by atoms with Crippen LogP contribution in [0.4, 0.5) is 0 Å². The largest absolute Gasteiger partial charge is 0.481 e. The molecule has 1 fully saturated rings. The summed E-state index contributed by atoms with van der Waals surface area (Å²) in [5, 5.41) is 9.47. The van der Waals surface area contributed by atoms with Gasteiger partial charge in [-0.05, 0) is 37.8 Å². The summed E-state index contributed by atoms with van der Waals surface area (Å²) in [5.74, 6) is -0.389. The summed E-state index contributed by atoms with van der Waals surface area (Å²) >= 11 is 0. The predicted molar refractivity (Wildman–Crippen MR) is 76.3 cm³/mol. The van der Waals surface area contributed by atoms with Crippen LogP contribution in [0.1, 0.15) is 38.2 Å². The maximum atomic E-state index is 11.5. The third-order valence-corrected chi connectivity index (χ3v) is 4.19. The van der Waals surface area contributed by atoms with E-state index in [1.807, 2.05) is 30.3 Å². The average molecular weight is 261 g/mol. The van der Waals surface area contributed by atoms with E-state index in [4.69, 9.17) is 0 Å². The Balaban J connectivity index is 2.07. The second-order valence-electron chi connectivity index (χ2n) is 5.78. The van der Waals surface area contributed by atoms with Crippen molar-refractivity contribution in [3.63, 3.8) is 0 Å². The Bertz CT molecular complexity index is 418. The number of hydrogen-bond acceptors (Lipinski definition) is 2. The fraction of sp³-hybridized carbons (Fsp3) is 0.562. The molecule has 0 aliphatic carbocycles. The van der Waals surface area contributed by atoms with Crippen LogP contribution in [-0.4, -0.2) is 35.1 Å². The van der Waals surface area contributed by atoms with Gasteiger partial charge in [-0.3, -0.25) is 9.69 Å². The van der Waals surface area contributed by atoms with Crippen molar-refractivity contribution in [1.29, 1.82) is 0 Å². The van der Waals surface area contributed by atoms with E-state index in [0.717, 1.165) is 18.0 Å². The van der Waals surface area contributed by atoms with Gasteiger partial charge in [0.15, 0.2) is 0 Å². The van der Waals surface area contributed by atoms with E-state index in [-0.39, 0.29) is 0 Å². The quantitative estimate of drug-likeness (QED) is 0.906. The Morgan fingerprint density at radius 2 is 2.05 bits per heavy atom. The number of benzene rings is 1. The number of carboxylic acids is 1. The molecule has 1 aromatic rings. The third kappa shape index (κ3) is 3.57. The fourth-order valence-corrected chi connectivity index (χ4v) is 2.97. The van der Waals surface area contributed by atoms with Gasteiger partial charge in [0.05, 0.1) is 5.92 Å². The lowest BCUT2D eigenvalue weighted by atomic mass is 9.91. The maximum absolute atomic E-state index is 11.5. The van der Waals surface area contributed by atoms with Gasteiger partial charge in [-0.15, -0.1) is 0 Å². The highest BCUT2D eigenvalue weighted by molar-refractivity contribution is 5.76. The minimum Gasteiger partial charge on any atom is -0.481 e. The zero-order chi connectivity index (χ0) is 13.8. The number of aliphatic carboxylic acids is 1. The normalized spacial score (nSPS) is 26.0. The van der Waals surface area contributed by atoms with E-state index in [1.54, 1.807) is 0 Å². The van der Waals surface area contributed by atoms with Gasteiger partial charge in [0.2, 0.25) is 0 Å². The molecule has 1 aromatic carbocycles. The fourth-order valence-electron chi connectivity index (χ4n) is 2.97. The lowest BCUT2D eigenvalue weighted by Crippen LogP contribution is -2.43. The van der Waals surface area contributed by atoms with Gasteiger partial charge in [0.25, 0.3) is 0 Å². The summed E-state index contributed by atoms with van der Waals surface area (Å²) in [7, 11) is 0. The van der Waals surface area contributed by atoms with Crippen molar-refractivity contribution in [2.45, 2.75) is 38.6 Å². The number of hydrogen-bond donors (Lipinski definition) is 1. The number of nitrogens with zero attached hydrogens (tertiary/aromatic N) is 1. The van der Waals surface area contributed by atoms with Crippen LogP contribution in [0.3, 0.4) is 0 Å². The molecule has 19 heavy (non-hydrogen) atoms. The molecule has 0 aromatic heterocycles. The molecule has 2 rings (SSSR count). The van der Waals surface area contributed by atoms with Gasteiger partial charge in [-0.25, -0.2) is 0 Å². The van der Waals surface area contributed by atoms with Crippen LogP contribution in [0.2, 0.25) is 0 Å². The highest BCUT2D eigenvalue weighted by atomic mass is 16.4. The number of piperidine rings is 1. The molecule has 3 atom stereocenters. The summed E-state index contributed by atoms with van der Waals surface area (Å²) in [4.78, 5) is 13.8. The molecular formula is C16H23NO2. The van der Waals surface area contributed by atoms with Gasteiger partial charge < -0.3 is 5.11 Å². The Morgan fingerprint density at radius 3 is 2.63 bits per heavy atom. The summed E-state index contributed by atoms with van der Waals surface area (Å²) in [6.45, 7) is 6.12. The number of carboxylic acid groups (broad SMARTS) is 1. The van der Waals surface area contributed by atoms with Crippen LogP contribution in [0.25, 0.3) is 0 Å². The molecule has 1 aliphatic heterocycles. The minimum atomic E-state index is -0.725. The van der Waals surface area contributed by atoms with Crippen LogP contribution in [-0.2, 0) is 4.79 Å². The minimum absolute atomic E-state index is 0.419. The molecule has 104 valence electrons. The second kappa shape index (κ2) is 6.20. The van der Waals surface area contributed by atoms with Crippen molar-refractivity contribution in [2.75, 3.05) is 13.1 Å². The SMILES string of the molecule is CC1CCN(CC(C(=O)O)c2ccccc2)C(C)C1. The van der Waals surface area contributed by atoms with Crippen molar-refractivity contribution < 1.29 is 9.90 Å². The van der Waals surface area contributed by atoms with E-state index in [2.05, 4.69) is 18.7 Å². The molecule has 3 unspecified atom stereocenters. The van der Waals surface area contributed by atoms with Crippen molar-refractivity contribution in [3.8, 4) is 0 Å². The lowest BCUT2D eigenvalue weighted by Gasteiger charge is -2.37. The van der Waals surface area contributed by atoms with E-state index < -0.39 is 11.9 Å². The molecule has 0 radical (unpaired) electrons. The second-order valence-corrected chi connectivity index (χ2v) is 5.78. The first kappa shape index (κ1) is 14.1. The maximum Gasteiger partial charge on any atom is 0.312 e. The topological polar surface area (TPSA) is 40.5 Å². The molecule has 0 saturated carbocycles. The Kier molecular flexibility index (Phi) is 4.59. The molecule has 1 heterocycles. The molecule has 1 N–H and O–H groups in total. The van der Waals surface area contributed by atoms with Gasteiger partial charge in [-0.1, -0.05) is 37.3 Å². The summed E-state index contributed by atoms with van der Waals surface area (Å²) in [6, 6.07) is 10.0. The van der Waals surface area contributed by atoms with E-state index in [9.17, 15) is 9.90 Å². The molecule has 3 heteroatoms. The number of likely N-dealkylation sites (tertiary alicyclic amines) is 1. The first-order chi connectivity index (χ1) is 9.08. The van der Waals surface area contributed by atoms with Crippen LogP contribution < -0.4 is 0 Å². The van der Waals surface area contributed by atoms with Crippen LogP contribution in [0.15, 0.2) is 30.3 Å². The molecule has 1 aliphatic rings. The predicted octanol–water partition coefficient (Wildman–Crippen LogP) is 2.98. The Labute approximate surface area is 115 Å². The average Bonchev–Trinajstić information content (AvgIpc) is 2.38. The monoisotopic (exact) mass is 261 g/mol. The highest BCUT2D eigenvalue weighted by Gasteiger charge is 2.28. The molecule has 1 saturated heterocycles. The standard InChI is InChI=1S/C16H23NO2/c1-12-8-9-17(13(2)10-12)11-15(16(18)19)14-6-4-3-5-7-14/h3-7,12-13,15H,8-11H2,1-2H3,(H,18,19). The first-order valence-corrected chi connectivity index (χ1v) is 7.09. The van der Waals surface area contributed by atoms with Crippen molar-refractivity contribution >= 4 is 5.97 Å². The smallest absolute Gasteiger partial charge is 0.312 e. The van der Waals surface area contributed by atoms with Crippen LogP contribution in [0.5, 0.6) is 0 Å². The Hall–Kier alpha value is -1.35. The molecule has 0 spiro atoms. The molecule has 0 amide bonds. The van der Waals surface area contributed by atoms with Crippen molar-refractivity contribution in [1.82, 2.24) is 4.90 Å². The Morgan fingerprint density at radius 1 is 1.37 bits per heavy atom. The van der Waals surface area contributed by atoms with Crippen molar-refractivity contribution in [2.24, 2.45) is 5.92 Å². The zero-order valence-corrected chi connectivity index (χ0v) is 11.7. The lowest BCUT2D eigenvalue weighted by molar-refractivity contribution is -0.139. The van der Waals surface area contributed by atoms with Gasteiger partial charge >= 0.3 is 5.97 Å². The molecule has 3 nitrogen and oxygen atoms in total. The summed E-state index contributed by atoms with van der Waals surface area (Å²) in [6.07, 6.45) is 2.34. The number of carbonyl (C=O) groups is 1. The molecule has 0 bridgehead atoms. The van der Waals surface area contributed by atoms with E-state index >= 15 is 0 Å². The van der Waals surface area contributed by atoms with Crippen LogP contribution in [0, 0.1) is 5.92 Å². The number of rotatable bonds is 4. The molecular weight excluding hydrogens is 238 g/mol. The van der Waals surface area contributed by atoms with E-state index in [0.29, 0.717) is 12.6 Å².